The van der Waals surface area contributed by atoms with Crippen LogP contribution in [0.2, 0.25) is 0 Å². The predicted octanol–water partition coefficient (Wildman–Crippen LogP) is 5.87. The maximum Gasteiger partial charge on any atom is 0 e. The van der Waals surface area contributed by atoms with E-state index in [4.69, 9.17) is 0 Å². The fourth-order valence-electron chi connectivity index (χ4n) is 1.95. The van der Waals surface area contributed by atoms with Crippen LogP contribution in [0.5, 0.6) is 0 Å². The van der Waals surface area contributed by atoms with Gasteiger partial charge in [-0.3, -0.25) is 0 Å². The van der Waals surface area contributed by atoms with Crippen LogP contribution in [-0.2, 0) is 19.5 Å². The van der Waals surface area contributed by atoms with Crippen LogP contribution < -0.4 is 0 Å². The zero-order chi connectivity index (χ0) is 11.2. The number of rotatable bonds is 12. The van der Waals surface area contributed by atoms with Gasteiger partial charge in [-0.1, -0.05) is 77.2 Å². The summed E-state index contributed by atoms with van der Waals surface area (Å²) in [4.78, 5) is 0. The van der Waals surface area contributed by atoms with Crippen molar-refractivity contribution in [1.29, 1.82) is 0 Å². The monoisotopic (exact) mass is 274 g/mol. The molecule has 0 amide bonds. The molecule has 0 aliphatic rings. The van der Waals surface area contributed by atoms with Gasteiger partial charge >= 0.3 is 0 Å². The number of hydrogen-bond acceptors (Lipinski definition) is 0. The van der Waals surface area contributed by atoms with Gasteiger partial charge in [0.05, 0.1) is 0 Å². The summed E-state index contributed by atoms with van der Waals surface area (Å²) in [5.41, 5.74) is 0. The molecule has 0 aliphatic carbocycles. The molecular weight excluding hydrogens is 246 g/mol. The van der Waals surface area contributed by atoms with E-state index >= 15 is 0 Å². The van der Waals surface area contributed by atoms with Crippen LogP contribution >= 0.6 is 0 Å². The molecule has 0 bridgehead atoms. The smallest absolute Gasteiger partial charge is 0 e. The van der Waals surface area contributed by atoms with Gasteiger partial charge in [0.25, 0.3) is 0 Å². The van der Waals surface area contributed by atoms with E-state index in [1.807, 2.05) is 6.08 Å². The van der Waals surface area contributed by atoms with E-state index in [0.29, 0.717) is 0 Å². The van der Waals surface area contributed by atoms with Gasteiger partial charge in [0.2, 0.25) is 0 Å². The molecule has 0 radical (unpaired) electrons. The first-order chi connectivity index (χ1) is 7.41. The molecule has 16 heavy (non-hydrogen) atoms. The van der Waals surface area contributed by atoms with Crippen LogP contribution in [0.1, 0.15) is 84.0 Å². The summed E-state index contributed by atoms with van der Waals surface area (Å²) in [7, 11) is 0. The van der Waals surface area contributed by atoms with Gasteiger partial charge in [0.15, 0.2) is 0 Å². The Morgan fingerprint density at radius 3 is 1.44 bits per heavy atom. The SMILES string of the molecule is C=CCCCCCCCCCCCCC.[Zn]. The third-order valence-electron chi connectivity index (χ3n) is 3.01. The Morgan fingerprint density at radius 1 is 0.688 bits per heavy atom. The summed E-state index contributed by atoms with van der Waals surface area (Å²) in [6.45, 7) is 6.02. The maximum atomic E-state index is 3.74. The molecular formula is C15H30Zn. The van der Waals surface area contributed by atoms with Gasteiger partial charge in [-0.05, 0) is 12.8 Å². The van der Waals surface area contributed by atoms with E-state index in [9.17, 15) is 0 Å². The van der Waals surface area contributed by atoms with Crippen molar-refractivity contribution in [2.24, 2.45) is 0 Å². The molecule has 0 aromatic carbocycles. The van der Waals surface area contributed by atoms with Gasteiger partial charge in [-0.2, -0.15) is 0 Å². The van der Waals surface area contributed by atoms with Crippen molar-refractivity contribution in [3.8, 4) is 0 Å². The molecule has 0 atom stereocenters. The van der Waals surface area contributed by atoms with Gasteiger partial charge in [-0.15, -0.1) is 6.58 Å². The molecule has 0 fully saturated rings. The zero-order valence-corrected chi connectivity index (χ0v) is 14.4. The van der Waals surface area contributed by atoms with Gasteiger partial charge in [0.1, 0.15) is 0 Å². The van der Waals surface area contributed by atoms with E-state index in [1.54, 1.807) is 0 Å². The Kier molecular flexibility index (Phi) is 20.8. The molecule has 0 aliphatic heterocycles. The first-order valence-electron chi connectivity index (χ1n) is 7.02. The molecule has 92 valence electrons. The van der Waals surface area contributed by atoms with E-state index in [2.05, 4.69) is 13.5 Å². The van der Waals surface area contributed by atoms with Gasteiger partial charge < -0.3 is 0 Å². The summed E-state index contributed by atoms with van der Waals surface area (Å²) >= 11 is 0. The fraction of sp³-hybridized carbons (Fsp3) is 0.867. The molecule has 0 unspecified atom stereocenters. The van der Waals surface area contributed by atoms with E-state index in [-0.39, 0.29) is 19.5 Å². The van der Waals surface area contributed by atoms with Crippen molar-refractivity contribution in [1.82, 2.24) is 0 Å². The molecule has 0 aromatic rings. The minimum Gasteiger partial charge on any atom is -0.103 e. The van der Waals surface area contributed by atoms with E-state index < -0.39 is 0 Å². The third-order valence-corrected chi connectivity index (χ3v) is 3.01. The number of allylic oxidation sites excluding steroid dienone is 1. The first kappa shape index (κ1) is 18.7. The summed E-state index contributed by atoms with van der Waals surface area (Å²) in [5.74, 6) is 0. The average molecular weight is 276 g/mol. The normalized spacial score (nSPS) is 9.81. The van der Waals surface area contributed by atoms with Crippen LogP contribution in [0.4, 0.5) is 0 Å². The summed E-state index contributed by atoms with van der Waals surface area (Å²) < 4.78 is 0. The largest absolute Gasteiger partial charge is 0.103 e. The van der Waals surface area contributed by atoms with Crippen LogP contribution in [0.15, 0.2) is 12.7 Å². The van der Waals surface area contributed by atoms with Crippen molar-refractivity contribution in [2.75, 3.05) is 0 Å². The van der Waals surface area contributed by atoms with Crippen LogP contribution in [-0.4, -0.2) is 0 Å². The molecule has 0 rings (SSSR count). The van der Waals surface area contributed by atoms with Gasteiger partial charge in [0, 0.05) is 19.5 Å². The maximum absolute atomic E-state index is 3.74. The Labute approximate surface area is 116 Å². The minimum absolute atomic E-state index is 0. The molecule has 0 N–H and O–H groups in total. The van der Waals surface area contributed by atoms with E-state index in [1.165, 1.54) is 77.0 Å². The summed E-state index contributed by atoms with van der Waals surface area (Å²) in [6.07, 6.45) is 19.0. The topological polar surface area (TPSA) is 0 Å². The molecule has 0 spiro atoms. The number of unbranched alkanes of at least 4 members (excludes halogenated alkanes) is 11. The Hall–Kier alpha value is 0.363. The van der Waals surface area contributed by atoms with Crippen molar-refractivity contribution in [3.63, 3.8) is 0 Å². The van der Waals surface area contributed by atoms with Crippen molar-refractivity contribution in [2.45, 2.75) is 84.0 Å². The van der Waals surface area contributed by atoms with Crippen molar-refractivity contribution >= 4 is 0 Å². The molecule has 0 nitrogen and oxygen atoms in total. The molecule has 0 heterocycles. The molecule has 0 aromatic heterocycles. The third kappa shape index (κ3) is 16.8. The number of hydrogen-bond donors (Lipinski definition) is 0. The summed E-state index contributed by atoms with van der Waals surface area (Å²) in [6, 6.07) is 0. The van der Waals surface area contributed by atoms with Crippen molar-refractivity contribution < 1.29 is 19.5 Å². The molecule has 0 saturated heterocycles. The summed E-state index contributed by atoms with van der Waals surface area (Å²) in [5, 5.41) is 0. The van der Waals surface area contributed by atoms with Crippen LogP contribution in [0.3, 0.4) is 0 Å². The average Bonchev–Trinajstić information content (AvgIpc) is 2.26. The van der Waals surface area contributed by atoms with Crippen LogP contribution in [0.25, 0.3) is 0 Å². The first-order valence-corrected chi connectivity index (χ1v) is 7.02. The van der Waals surface area contributed by atoms with Gasteiger partial charge in [-0.25, -0.2) is 0 Å². The Bertz CT molecular complexity index is 121. The molecule has 0 saturated carbocycles. The Balaban J connectivity index is 0. The minimum atomic E-state index is 0. The van der Waals surface area contributed by atoms with Crippen LogP contribution in [0, 0.1) is 0 Å². The zero-order valence-electron chi connectivity index (χ0n) is 11.5. The Morgan fingerprint density at radius 2 is 1.06 bits per heavy atom. The standard InChI is InChI=1S/C15H30.Zn/c1-3-5-7-9-11-13-15-14-12-10-8-6-4-2;/h3H,1,4-15H2,2H3;. The van der Waals surface area contributed by atoms with Crippen molar-refractivity contribution in [3.05, 3.63) is 12.7 Å². The predicted molar refractivity (Wildman–Crippen MR) is 71.3 cm³/mol. The molecule has 1 heteroatoms. The quantitative estimate of drug-likeness (QED) is 0.237. The fourth-order valence-corrected chi connectivity index (χ4v) is 1.95. The second-order valence-electron chi connectivity index (χ2n) is 4.61. The van der Waals surface area contributed by atoms with E-state index in [0.717, 1.165) is 0 Å². The second-order valence-corrected chi connectivity index (χ2v) is 4.61. The second kappa shape index (κ2) is 17.7.